The molecule has 0 aromatic heterocycles. The Morgan fingerprint density at radius 3 is 1.80 bits per heavy atom. The van der Waals surface area contributed by atoms with E-state index in [-0.39, 0.29) is 23.7 Å². The number of aliphatic hydroxyl groups is 1. The zero-order valence-electron chi connectivity index (χ0n) is 2.92. The SMILES string of the molecule is [CH2]CCO.[Fe]. The first-order valence-electron chi connectivity index (χ1n) is 1.32. The van der Waals surface area contributed by atoms with Crippen molar-refractivity contribution in [2.75, 3.05) is 6.61 Å². The van der Waals surface area contributed by atoms with Crippen molar-refractivity contribution in [3.63, 3.8) is 0 Å². The standard InChI is InChI=1S/C3H7O.Fe/c1-2-3-4;/h4H,1-3H2;. The Hall–Kier alpha value is 0.479. The van der Waals surface area contributed by atoms with Gasteiger partial charge in [0, 0.05) is 23.7 Å². The van der Waals surface area contributed by atoms with E-state index < -0.39 is 0 Å². The van der Waals surface area contributed by atoms with Crippen LogP contribution in [0.25, 0.3) is 0 Å². The maximum absolute atomic E-state index is 7.81. The Balaban J connectivity index is 0. The summed E-state index contributed by atoms with van der Waals surface area (Å²) in [6.45, 7) is 3.56. The summed E-state index contributed by atoms with van der Waals surface area (Å²) in [6, 6.07) is 0. The molecule has 1 nitrogen and oxygen atoms in total. The summed E-state index contributed by atoms with van der Waals surface area (Å²) in [4.78, 5) is 0. The van der Waals surface area contributed by atoms with Crippen molar-refractivity contribution in [1.82, 2.24) is 0 Å². The van der Waals surface area contributed by atoms with Gasteiger partial charge in [-0.3, -0.25) is 0 Å². The van der Waals surface area contributed by atoms with Crippen LogP contribution in [-0.2, 0) is 17.1 Å². The minimum Gasteiger partial charge on any atom is -0.396 e. The average Bonchev–Trinajstić information content (AvgIpc) is 1.37. The first-order chi connectivity index (χ1) is 1.91. The van der Waals surface area contributed by atoms with Crippen LogP contribution in [0.15, 0.2) is 0 Å². The molecule has 0 amide bonds. The van der Waals surface area contributed by atoms with E-state index in [1.807, 2.05) is 0 Å². The van der Waals surface area contributed by atoms with Gasteiger partial charge in [-0.1, -0.05) is 6.92 Å². The van der Waals surface area contributed by atoms with Crippen LogP contribution in [0, 0.1) is 6.92 Å². The molecular formula is C3H7FeO. The maximum atomic E-state index is 7.81. The molecule has 0 saturated heterocycles. The van der Waals surface area contributed by atoms with Crippen molar-refractivity contribution in [3.8, 4) is 0 Å². The fourth-order valence-corrected chi connectivity index (χ4v) is 0. The molecule has 5 heavy (non-hydrogen) atoms. The van der Waals surface area contributed by atoms with Gasteiger partial charge in [0.05, 0.1) is 0 Å². The minimum atomic E-state index is 0. The van der Waals surface area contributed by atoms with Gasteiger partial charge in [0.2, 0.25) is 0 Å². The van der Waals surface area contributed by atoms with Gasteiger partial charge in [-0.25, -0.2) is 0 Å². The molecule has 0 aliphatic carbocycles. The van der Waals surface area contributed by atoms with Crippen LogP contribution in [-0.4, -0.2) is 11.7 Å². The van der Waals surface area contributed by atoms with Gasteiger partial charge in [-0.15, -0.1) is 0 Å². The zero-order valence-corrected chi connectivity index (χ0v) is 4.03. The van der Waals surface area contributed by atoms with Crippen molar-refractivity contribution in [2.45, 2.75) is 6.42 Å². The van der Waals surface area contributed by atoms with E-state index in [4.69, 9.17) is 5.11 Å². The Morgan fingerprint density at radius 2 is 1.80 bits per heavy atom. The summed E-state index contributed by atoms with van der Waals surface area (Å²) in [6.07, 6.45) is 0.625. The van der Waals surface area contributed by atoms with E-state index in [0.717, 1.165) is 0 Å². The molecule has 1 N–H and O–H groups in total. The van der Waals surface area contributed by atoms with Gasteiger partial charge in [-0.05, 0) is 6.42 Å². The summed E-state index contributed by atoms with van der Waals surface area (Å²) in [5.74, 6) is 0. The molecule has 0 aliphatic heterocycles. The second-order valence-corrected chi connectivity index (χ2v) is 0.577. The van der Waals surface area contributed by atoms with Crippen molar-refractivity contribution in [2.24, 2.45) is 0 Å². The molecular weight excluding hydrogens is 108 g/mol. The van der Waals surface area contributed by atoms with Crippen LogP contribution in [0.3, 0.4) is 0 Å². The second-order valence-electron chi connectivity index (χ2n) is 0.577. The van der Waals surface area contributed by atoms with E-state index in [1.54, 1.807) is 0 Å². The summed E-state index contributed by atoms with van der Waals surface area (Å²) in [7, 11) is 0. The van der Waals surface area contributed by atoms with Crippen molar-refractivity contribution >= 4 is 0 Å². The Kier molecular flexibility index (Phi) is 16.0. The third-order valence-electron chi connectivity index (χ3n) is 0.158. The molecule has 0 rings (SSSR count). The molecule has 0 aliphatic rings. The van der Waals surface area contributed by atoms with Crippen LogP contribution in [0.5, 0.6) is 0 Å². The molecule has 0 aromatic rings. The third kappa shape index (κ3) is 12.6. The molecule has 0 fully saturated rings. The van der Waals surface area contributed by atoms with Crippen LogP contribution >= 0.6 is 0 Å². The fourth-order valence-electron chi connectivity index (χ4n) is 0. The Morgan fingerprint density at radius 1 is 1.60 bits per heavy atom. The summed E-state index contributed by atoms with van der Waals surface area (Å²) in [5, 5.41) is 7.81. The monoisotopic (exact) mass is 115 g/mol. The largest absolute Gasteiger partial charge is 0.396 e. The van der Waals surface area contributed by atoms with Crippen LogP contribution in [0.4, 0.5) is 0 Å². The Bertz CT molecular complexity index is 8.85. The predicted octanol–water partition coefficient (Wildman–Crippen LogP) is 0.200. The third-order valence-corrected chi connectivity index (χ3v) is 0.158. The number of hydrogen-bond acceptors (Lipinski definition) is 1. The predicted molar refractivity (Wildman–Crippen MR) is 17.1 cm³/mol. The van der Waals surface area contributed by atoms with Gasteiger partial charge in [0.25, 0.3) is 0 Å². The zero-order chi connectivity index (χ0) is 3.41. The Labute approximate surface area is 42.9 Å². The van der Waals surface area contributed by atoms with E-state index in [1.165, 1.54) is 0 Å². The average molecular weight is 115 g/mol. The van der Waals surface area contributed by atoms with Gasteiger partial charge in [-0.2, -0.15) is 0 Å². The molecule has 0 bridgehead atoms. The smallest absolute Gasteiger partial charge is 0.0431 e. The molecule has 1 radical (unpaired) electrons. The van der Waals surface area contributed by atoms with Crippen molar-refractivity contribution in [3.05, 3.63) is 6.92 Å². The van der Waals surface area contributed by atoms with Gasteiger partial charge in [0.1, 0.15) is 0 Å². The van der Waals surface area contributed by atoms with Crippen LogP contribution < -0.4 is 0 Å². The van der Waals surface area contributed by atoms with Crippen LogP contribution in [0.1, 0.15) is 6.42 Å². The summed E-state index contributed by atoms with van der Waals surface area (Å²) in [5.41, 5.74) is 0. The topological polar surface area (TPSA) is 20.2 Å². The maximum Gasteiger partial charge on any atom is 0.0431 e. The number of hydrogen-bond donors (Lipinski definition) is 1. The summed E-state index contributed by atoms with van der Waals surface area (Å²) >= 11 is 0. The molecule has 0 atom stereocenters. The molecule has 0 saturated carbocycles. The number of rotatable bonds is 1. The number of aliphatic hydroxyl groups excluding tert-OH is 1. The molecule has 0 heterocycles. The minimum absolute atomic E-state index is 0. The quantitative estimate of drug-likeness (QED) is 0.484. The van der Waals surface area contributed by atoms with E-state index in [0.29, 0.717) is 6.42 Å². The van der Waals surface area contributed by atoms with Crippen molar-refractivity contribution in [1.29, 1.82) is 0 Å². The van der Waals surface area contributed by atoms with E-state index >= 15 is 0 Å². The van der Waals surface area contributed by atoms with E-state index in [2.05, 4.69) is 6.92 Å². The van der Waals surface area contributed by atoms with Gasteiger partial charge >= 0.3 is 0 Å². The second kappa shape index (κ2) is 8.82. The molecule has 0 spiro atoms. The molecule has 2 heteroatoms. The first-order valence-corrected chi connectivity index (χ1v) is 1.32. The van der Waals surface area contributed by atoms with Crippen molar-refractivity contribution < 1.29 is 22.2 Å². The molecule has 33 valence electrons. The molecule has 0 aromatic carbocycles. The van der Waals surface area contributed by atoms with Gasteiger partial charge < -0.3 is 5.11 Å². The normalized spacial score (nSPS) is 6.00. The van der Waals surface area contributed by atoms with Gasteiger partial charge in [0.15, 0.2) is 0 Å². The van der Waals surface area contributed by atoms with E-state index in [9.17, 15) is 0 Å². The van der Waals surface area contributed by atoms with Crippen LogP contribution in [0.2, 0.25) is 0 Å². The molecule has 0 unspecified atom stereocenters. The summed E-state index contributed by atoms with van der Waals surface area (Å²) < 4.78 is 0. The first kappa shape index (κ1) is 9.08. The fraction of sp³-hybridized carbons (Fsp3) is 0.667.